The van der Waals surface area contributed by atoms with Crippen molar-refractivity contribution in [2.24, 2.45) is 5.92 Å². The average molecular weight is 180 g/mol. The van der Waals surface area contributed by atoms with Gasteiger partial charge in [0.1, 0.15) is 5.54 Å². The molecule has 13 heavy (non-hydrogen) atoms. The summed E-state index contributed by atoms with van der Waals surface area (Å²) < 4.78 is 0. The molecular weight excluding hydrogens is 160 g/mol. The third kappa shape index (κ3) is 2.70. The standard InChI is InChI=1S/C11H20N2/c1-4-9-6-5-7-10(9)13-11(2,3)8-12/h9-10,13H,4-7H2,1-3H3. The fourth-order valence-corrected chi connectivity index (χ4v) is 2.21. The molecule has 0 heterocycles. The van der Waals surface area contributed by atoms with Crippen molar-refractivity contribution in [3.63, 3.8) is 0 Å². The summed E-state index contributed by atoms with van der Waals surface area (Å²) in [6.45, 7) is 6.15. The number of hydrogen-bond donors (Lipinski definition) is 1. The molecule has 1 rings (SSSR count). The third-order valence-electron chi connectivity index (χ3n) is 3.01. The summed E-state index contributed by atoms with van der Waals surface area (Å²) in [4.78, 5) is 0. The summed E-state index contributed by atoms with van der Waals surface area (Å²) in [7, 11) is 0. The van der Waals surface area contributed by atoms with Crippen molar-refractivity contribution < 1.29 is 0 Å². The van der Waals surface area contributed by atoms with Gasteiger partial charge in [-0.2, -0.15) is 5.26 Å². The summed E-state index contributed by atoms with van der Waals surface area (Å²) in [6.07, 6.45) is 5.12. The van der Waals surface area contributed by atoms with Crippen LogP contribution in [0.1, 0.15) is 46.5 Å². The minimum Gasteiger partial charge on any atom is -0.297 e. The minimum absolute atomic E-state index is 0.359. The molecular formula is C11H20N2. The molecule has 2 heteroatoms. The van der Waals surface area contributed by atoms with E-state index in [-0.39, 0.29) is 5.54 Å². The van der Waals surface area contributed by atoms with Crippen LogP contribution in [0.5, 0.6) is 0 Å². The molecule has 0 radical (unpaired) electrons. The quantitative estimate of drug-likeness (QED) is 0.724. The Morgan fingerprint density at radius 1 is 1.46 bits per heavy atom. The second-order valence-electron chi connectivity index (χ2n) is 4.59. The highest BCUT2D eigenvalue weighted by Gasteiger charge is 2.30. The first-order chi connectivity index (χ1) is 6.09. The zero-order valence-electron chi connectivity index (χ0n) is 8.93. The Kier molecular flexibility index (Phi) is 3.33. The summed E-state index contributed by atoms with van der Waals surface area (Å²) in [5.74, 6) is 0.785. The van der Waals surface area contributed by atoms with Crippen LogP contribution >= 0.6 is 0 Å². The van der Waals surface area contributed by atoms with Gasteiger partial charge in [0, 0.05) is 6.04 Å². The summed E-state index contributed by atoms with van der Waals surface area (Å²) in [5.41, 5.74) is -0.359. The zero-order chi connectivity index (χ0) is 9.90. The van der Waals surface area contributed by atoms with Crippen LogP contribution in [-0.4, -0.2) is 11.6 Å². The van der Waals surface area contributed by atoms with Gasteiger partial charge in [-0.15, -0.1) is 0 Å². The molecule has 1 aliphatic carbocycles. The first-order valence-corrected chi connectivity index (χ1v) is 5.28. The molecule has 0 saturated heterocycles. The lowest BCUT2D eigenvalue weighted by Crippen LogP contribution is -2.46. The first kappa shape index (κ1) is 10.5. The highest BCUT2D eigenvalue weighted by Crippen LogP contribution is 2.29. The Balaban J connectivity index is 2.49. The Hall–Kier alpha value is -0.550. The van der Waals surface area contributed by atoms with Crippen molar-refractivity contribution in [2.45, 2.75) is 58.0 Å². The number of hydrogen-bond acceptors (Lipinski definition) is 2. The van der Waals surface area contributed by atoms with Crippen LogP contribution in [0.2, 0.25) is 0 Å². The van der Waals surface area contributed by atoms with E-state index in [1.807, 2.05) is 13.8 Å². The van der Waals surface area contributed by atoms with Gasteiger partial charge in [-0.3, -0.25) is 5.32 Å². The largest absolute Gasteiger partial charge is 0.297 e. The first-order valence-electron chi connectivity index (χ1n) is 5.28. The number of nitriles is 1. The van der Waals surface area contributed by atoms with E-state index in [2.05, 4.69) is 18.3 Å². The molecule has 1 saturated carbocycles. The molecule has 0 spiro atoms. The maximum atomic E-state index is 8.90. The Bertz CT molecular complexity index is 203. The normalized spacial score (nSPS) is 28.8. The van der Waals surface area contributed by atoms with Crippen molar-refractivity contribution in [2.75, 3.05) is 0 Å². The third-order valence-corrected chi connectivity index (χ3v) is 3.01. The fourth-order valence-electron chi connectivity index (χ4n) is 2.21. The van der Waals surface area contributed by atoms with Crippen LogP contribution in [0.3, 0.4) is 0 Å². The van der Waals surface area contributed by atoms with Gasteiger partial charge < -0.3 is 0 Å². The molecule has 1 N–H and O–H groups in total. The smallest absolute Gasteiger partial charge is 0.101 e. The molecule has 0 aromatic carbocycles. The molecule has 0 amide bonds. The Labute approximate surface area is 81.3 Å². The van der Waals surface area contributed by atoms with E-state index in [0.717, 1.165) is 5.92 Å². The number of rotatable bonds is 3. The van der Waals surface area contributed by atoms with Gasteiger partial charge in [0.2, 0.25) is 0 Å². The van der Waals surface area contributed by atoms with Crippen LogP contribution in [0, 0.1) is 17.2 Å². The van der Waals surface area contributed by atoms with Crippen LogP contribution < -0.4 is 5.32 Å². The molecule has 74 valence electrons. The molecule has 1 aliphatic rings. The topological polar surface area (TPSA) is 35.8 Å². The van der Waals surface area contributed by atoms with E-state index in [9.17, 15) is 0 Å². The highest BCUT2D eigenvalue weighted by molar-refractivity contribution is 5.03. The maximum absolute atomic E-state index is 8.90. The molecule has 0 aromatic rings. The Morgan fingerprint density at radius 2 is 2.15 bits per heavy atom. The van der Waals surface area contributed by atoms with E-state index in [1.54, 1.807) is 0 Å². The zero-order valence-corrected chi connectivity index (χ0v) is 8.93. The van der Waals surface area contributed by atoms with Crippen molar-refractivity contribution >= 4 is 0 Å². The molecule has 2 unspecified atom stereocenters. The van der Waals surface area contributed by atoms with Gasteiger partial charge in [0.25, 0.3) is 0 Å². The van der Waals surface area contributed by atoms with Crippen molar-refractivity contribution in [3.05, 3.63) is 0 Å². The van der Waals surface area contributed by atoms with E-state index in [1.165, 1.54) is 25.7 Å². The SMILES string of the molecule is CCC1CCCC1NC(C)(C)C#N. The molecule has 0 bridgehead atoms. The van der Waals surface area contributed by atoms with Gasteiger partial charge in [-0.1, -0.05) is 19.8 Å². The van der Waals surface area contributed by atoms with Gasteiger partial charge in [-0.05, 0) is 32.6 Å². The fraction of sp³-hybridized carbons (Fsp3) is 0.909. The van der Waals surface area contributed by atoms with Crippen LogP contribution in [-0.2, 0) is 0 Å². The predicted molar refractivity (Wildman–Crippen MR) is 54.2 cm³/mol. The monoisotopic (exact) mass is 180 g/mol. The van der Waals surface area contributed by atoms with Crippen LogP contribution in [0.4, 0.5) is 0 Å². The van der Waals surface area contributed by atoms with Gasteiger partial charge >= 0.3 is 0 Å². The minimum atomic E-state index is -0.359. The predicted octanol–water partition coefficient (Wildman–Crippen LogP) is 2.46. The molecule has 0 aromatic heterocycles. The van der Waals surface area contributed by atoms with Gasteiger partial charge in [-0.25, -0.2) is 0 Å². The van der Waals surface area contributed by atoms with Crippen molar-refractivity contribution in [3.8, 4) is 6.07 Å². The van der Waals surface area contributed by atoms with Crippen LogP contribution in [0.25, 0.3) is 0 Å². The molecule has 2 nitrogen and oxygen atoms in total. The number of nitrogens with one attached hydrogen (secondary N) is 1. The van der Waals surface area contributed by atoms with Gasteiger partial charge in [0.15, 0.2) is 0 Å². The molecule has 1 fully saturated rings. The van der Waals surface area contributed by atoms with Crippen molar-refractivity contribution in [1.82, 2.24) is 5.32 Å². The van der Waals surface area contributed by atoms with E-state index < -0.39 is 0 Å². The highest BCUT2D eigenvalue weighted by atomic mass is 15.0. The summed E-state index contributed by atoms with van der Waals surface area (Å²) in [6, 6.07) is 2.87. The lowest BCUT2D eigenvalue weighted by atomic mass is 9.97. The van der Waals surface area contributed by atoms with E-state index >= 15 is 0 Å². The van der Waals surface area contributed by atoms with Crippen LogP contribution in [0.15, 0.2) is 0 Å². The van der Waals surface area contributed by atoms with Crippen molar-refractivity contribution in [1.29, 1.82) is 5.26 Å². The van der Waals surface area contributed by atoms with E-state index in [0.29, 0.717) is 6.04 Å². The maximum Gasteiger partial charge on any atom is 0.101 e. The Morgan fingerprint density at radius 3 is 2.69 bits per heavy atom. The second-order valence-corrected chi connectivity index (χ2v) is 4.59. The number of nitrogens with zero attached hydrogens (tertiary/aromatic N) is 1. The molecule has 2 atom stereocenters. The lowest BCUT2D eigenvalue weighted by molar-refractivity contribution is 0.329. The van der Waals surface area contributed by atoms with Gasteiger partial charge in [0.05, 0.1) is 6.07 Å². The summed E-state index contributed by atoms with van der Waals surface area (Å²) >= 11 is 0. The average Bonchev–Trinajstić information content (AvgIpc) is 2.51. The second kappa shape index (κ2) is 4.11. The summed E-state index contributed by atoms with van der Waals surface area (Å²) in [5, 5.41) is 12.3. The molecule has 0 aliphatic heterocycles. The van der Waals surface area contributed by atoms with E-state index in [4.69, 9.17) is 5.26 Å². The lowest BCUT2D eigenvalue weighted by Gasteiger charge is -2.27.